The zero-order valence-corrected chi connectivity index (χ0v) is 18.9. The molecule has 4 nitrogen and oxygen atoms in total. The highest BCUT2D eigenvalue weighted by molar-refractivity contribution is 5.89. The van der Waals surface area contributed by atoms with Gasteiger partial charge in [0, 0.05) is 0 Å². The number of carbonyl (C=O) groups excluding carboxylic acids is 1. The van der Waals surface area contributed by atoms with Crippen molar-refractivity contribution in [1.29, 1.82) is 0 Å². The van der Waals surface area contributed by atoms with Crippen molar-refractivity contribution in [3.63, 3.8) is 0 Å². The van der Waals surface area contributed by atoms with Crippen LogP contribution in [0.1, 0.15) is 64.5 Å². The van der Waals surface area contributed by atoms with Gasteiger partial charge in [0.05, 0.1) is 11.6 Å². The van der Waals surface area contributed by atoms with Crippen LogP contribution >= 0.6 is 0 Å². The third kappa shape index (κ3) is 4.39. The zero-order valence-electron chi connectivity index (χ0n) is 18.9. The van der Waals surface area contributed by atoms with Crippen LogP contribution in [0.4, 0.5) is 18.0 Å². The molecule has 1 saturated carbocycles. The average Bonchev–Trinajstić information content (AvgIpc) is 3.06. The number of ether oxygens (including phenoxy) is 2. The molecule has 1 aliphatic heterocycles. The summed E-state index contributed by atoms with van der Waals surface area (Å²) in [6, 6.07) is 7.84. The predicted molar refractivity (Wildman–Crippen MR) is 117 cm³/mol. The van der Waals surface area contributed by atoms with Crippen molar-refractivity contribution in [3.8, 4) is 5.75 Å². The van der Waals surface area contributed by atoms with Crippen molar-refractivity contribution in [3.05, 3.63) is 41.5 Å². The molecule has 1 aliphatic carbocycles. The van der Waals surface area contributed by atoms with Gasteiger partial charge in [-0.25, -0.2) is 4.79 Å². The summed E-state index contributed by atoms with van der Waals surface area (Å²) in [6.07, 6.45) is -1.86. The number of cyclic esters (lactones) is 1. The normalized spacial score (nSPS) is 26.7. The molecule has 2 aromatic carbocycles. The Balaban J connectivity index is 1.64. The lowest BCUT2D eigenvalue weighted by atomic mass is 9.72. The number of fused-ring (bicyclic) bond motifs is 1. The number of hydrogen-bond donors (Lipinski definition) is 1. The van der Waals surface area contributed by atoms with Crippen LogP contribution in [-0.4, -0.2) is 18.8 Å². The van der Waals surface area contributed by atoms with Gasteiger partial charge in [0.25, 0.3) is 0 Å². The fraction of sp³-hybridized carbons (Fsp3) is 0.560. The molecule has 0 aromatic heterocycles. The number of nitrogens with one attached hydrogen (secondary N) is 1. The molecule has 0 radical (unpaired) electrons. The van der Waals surface area contributed by atoms with E-state index in [4.69, 9.17) is 9.47 Å². The molecule has 0 unspecified atom stereocenters. The van der Waals surface area contributed by atoms with Crippen molar-refractivity contribution in [2.24, 2.45) is 11.3 Å². The summed E-state index contributed by atoms with van der Waals surface area (Å²) < 4.78 is 53.3. The van der Waals surface area contributed by atoms with Crippen molar-refractivity contribution in [2.45, 2.75) is 71.2 Å². The molecule has 7 heteroatoms. The summed E-state index contributed by atoms with van der Waals surface area (Å²) in [5, 5.41) is 3.27. The van der Waals surface area contributed by atoms with Crippen LogP contribution in [0.2, 0.25) is 0 Å². The van der Waals surface area contributed by atoms with Crippen LogP contribution in [0.15, 0.2) is 30.3 Å². The molecule has 1 heterocycles. The molecule has 2 aliphatic rings. The maximum atomic E-state index is 14.1. The molecule has 0 bridgehead atoms. The first-order valence-corrected chi connectivity index (χ1v) is 11.1. The number of alkyl carbamates (subject to hydrolysis) is 1. The van der Waals surface area contributed by atoms with E-state index in [1.807, 2.05) is 0 Å². The summed E-state index contributed by atoms with van der Waals surface area (Å²) in [5.74, 6) is 0.446. The number of carbonyl (C=O) groups is 1. The molecule has 2 aromatic rings. The first-order valence-electron chi connectivity index (χ1n) is 11.1. The molecule has 2 fully saturated rings. The Kier molecular flexibility index (Phi) is 5.58. The molecule has 174 valence electrons. The summed E-state index contributed by atoms with van der Waals surface area (Å²) in [6.45, 7) is 8.54. The van der Waals surface area contributed by atoms with Crippen LogP contribution in [-0.2, 0) is 16.5 Å². The Morgan fingerprint density at radius 2 is 1.75 bits per heavy atom. The van der Waals surface area contributed by atoms with E-state index in [9.17, 15) is 18.0 Å². The molecule has 4 rings (SSSR count). The first kappa shape index (κ1) is 22.7. The first-order chi connectivity index (χ1) is 14.9. The maximum absolute atomic E-state index is 14.1. The van der Waals surface area contributed by atoms with Gasteiger partial charge in [0.1, 0.15) is 17.9 Å². The Hall–Kier alpha value is -2.44. The topological polar surface area (TPSA) is 47.6 Å². The highest BCUT2D eigenvalue weighted by Crippen LogP contribution is 2.44. The molecule has 1 saturated heterocycles. The zero-order chi connectivity index (χ0) is 23.3. The van der Waals surface area contributed by atoms with Gasteiger partial charge in [-0.15, -0.1) is 0 Å². The van der Waals surface area contributed by atoms with E-state index < -0.39 is 23.4 Å². The van der Waals surface area contributed by atoms with E-state index in [0.717, 1.165) is 25.7 Å². The Labute approximate surface area is 186 Å². The van der Waals surface area contributed by atoms with Gasteiger partial charge in [-0.05, 0) is 72.4 Å². The number of rotatable bonds is 3. The van der Waals surface area contributed by atoms with Crippen LogP contribution in [0.25, 0.3) is 10.8 Å². The van der Waals surface area contributed by atoms with Gasteiger partial charge >= 0.3 is 12.3 Å². The van der Waals surface area contributed by atoms with Gasteiger partial charge in [0.2, 0.25) is 0 Å². The average molecular weight is 450 g/mol. The standard InChI is InChI=1S/C25H30F3NO3/c1-23(2,3)16-6-9-18(10-7-16)32-20-12-5-15-13-17(24(4)14-31-22(30)29-24)8-11-19(15)21(20)25(26,27)28/h5,8,11-13,16,18H,6-7,9-10,14H2,1-4H3,(H,29,30)/t16-,18-,24-/m1/s1. The monoisotopic (exact) mass is 449 g/mol. The number of benzene rings is 2. The number of hydrogen-bond acceptors (Lipinski definition) is 3. The minimum Gasteiger partial charge on any atom is -0.490 e. The van der Waals surface area contributed by atoms with E-state index in [1.54, 1.807) is 25.1 Å². The number of alkyl halides is 3. The fourth-order valence-corrected chi connectivity index (χ4v) is 4.93. The quantitative estimate of drug-likeness (QED) is 0.561. The van der Waals surface area contributed by atoms with Crippen LogP contribution in [0.5, 0.6) is 5.75 Å². The van der Waals surface area contributed by atoms with E-state index in [2.05, 4.69) is 26.1 Å². The molecule has 32 heavy (non-hydrogen) atoms. The SMILES string of the molecule is CC(C)(C)[C@H]1CC[C@H](Oc2ccc3cc([C@@]4(C)COC(=O)N4)ccc3c2C(F)(F)F)CC1. The van der Waals surface area contributed by atoms with Gasteiger partial charge in [-0.1, -0.05) is 39.0 Å². The highest BCUT2D eigenvalue weighted by atomic mass is 19.4. The second-order valence-electron chi connectivity index (χ2n) is 10.4. The third-order valence-electron chi connectivity index (χ3n) is 6.96. The van der Waals surface area contributed by atoms with Gasteiger partial charge in [-0.2, -0.15) is 13.2 Å². The van der Waals surface area contributed by atoms with Gasteiger partial charge in [-0.3, -0.25) is 0 Å². The minimum atomic E-state index is -4.55. The summed E-state index contributed by atoms with van der Waals surface area (Å²) in [7, 11) is 0. The summed E-state index contributed by atoms with van der Waals surface area (Å²) in [5.41, 5.74) is -0.622. The summed E-state index contributed by atoms with van der Waals surface area (Å²) in [4.78, 5) is 11.5. The van der Waals surface area contributed by atoms with Crippen molar-refractivity contribution in [1.82, 2.24) is 5.32 Å². The molecule has 0 spiro atoms. The Morgan fingerprint density at radius 3 is 2.31 bits per heavy atom. The smallest absolute Gasteiger partial charge is 0.420 e. The van der Waals surface area contributed by atoms with E-state index in [1.165, 1.54) is 12.1 Å². The molecular formula is C25H30F3NO3. The largest absolute Gasteiger partial charge is 0.490 e. The van der Waals surface area contributed by atoms with Crippen LogP contribution < -0.4 is 10.1 Å². The van der Waals surface area contributed by atoms with Gasteiger partial charge < -0.3 is 14.8 Å². The van der Waals surface area contributed by atoms with E-state index in [0.29, 0.717) is 16.9 Å². The predicted octanol–water partition coefficient (Wildman–Crippen LogP) is 6.80. The van der Waals surface area contributed by atoms with Crippen LogP contribution in [0.3, 0.4) is 0 Å². The van der Waals surface area contributed by atoms with Crippen molar-refractivity contribution >= 4 is 16.9 Å². The van der Waals surface area contributed by atoms with Crippen molar-refractivity contribution in [2.75, 3.05) is 6.61 Å². The van der Waals surface area contributed by atoms with E-state index in [-0.39, 0.29) is 29.3 Å². The summed E-state index contributed by atoms with van der Waals surface area (Å²) >= 11 is 0. The Morgan fingerprint density at radius 1 is 1.06 bits per heavy atom. The number of halogens is 3. The Bertz CT molecular complexity index is 1020. The van der Waals surface area contributed by atoms with Gasteiger partial charge in [0.15, 0.2) is 0 Å². The lowest BCUT2D eigenvalue weighted by Crippen LogP contribution is -2.37. The molecular weight excluding hydrogens is 419 g/mol. The van der Waals surface area contributed by atoms with Crippen molar-refractivity contribution < 1.29 is 27.4 Å². The third-order valence-corrected chi connectivity index (χ3v) is 6.96. The molecule has 1 atom stereocenters. The molecule has 1 N–H and O–H groups in total. The fourth-order valence-electron chi connectivity index (χ4n) is 4.93. The number of amides is 1. The second kappa shape index (κ2) is 7.85. The lowest BCUT2D eigenvalue weighted by Gasteiger charge is -2.37. The lowest BCUT2D eigenvalue weighted by molar-refractivity contribution is -0.138. The minimum absolute atomic E-state index is 0.0935. The second-order valence-corrected chi connectivity index (χ2v) is 10.4. The van der Waals surface area contributed by atoms with E-state index >= 15 is 0 Å². The highest BCUT2D eigenvalue weighted by Gasteiger charge is 2.40. The maximum Gasteiger partial charge on any atom is 0.420 e. The molecule has 1 amide bonds. The van der Waals surface area contributed by atoms with Crippen LogP contribution in [0, 0.1) is 11.3 Å².